The van der Waals surface area contributed by atoms with Gasteiger partial charge in [-0.3, -0.25) is 4.79 Å². The van der Waals surface area contributed by atoms with Crippen LogP contribution in [0.2, 0.25) is 0 Å². The van der Waals surface area contributed by atoms with Crippen molar-refractivity contribution in [3.8, 4) is 0 Å². The van der Waals surface area contributed by atoms with Gasteiger partial charge in [0.05, 0.1) is 11.4 Å². The van der Waals surface area contributed by atoms with E-state index in [2.05, 4.69) is 18.0 Å². The summed E-state index contributed by atoms with van der Waals surface area (Å²) in [5, 5.41) is 0. The van der Waals surface area contributed by atoms with Gasteiger partial charge in [-0.25, -0.2) is 4.99 Å². The molecule has 0 saturated carbocycles. The summed E-state index contributed by atoms with van der Waals surface area (Å²) in [5.74, 6) is -0.0490. The van der Waals surface area contributed by atoms with Crippen molar-refractivity contribution in [1.82, 2.24) is 0 Å². The molecule has 3 rings (SSSR count). The lowest BCUT2D eigenvalue weighted by molar-refractivity contribution is -0.111. The minimum Gasteiger partial charge on any atom is -0.309 e. The minimum atomic E-state index is -0.0490. The SMILES string of the molecule is Cc1cccc(N=C2C(=O)N(C)c3ccccc32)c1C. The Morgan fingerprint density at radius 3 is 2.55 bits per heavy atom. The molecule has 0 N–H and O–H groups in total. The summed E-state index contributed by atoms with van der Waals surface area (Å²) in [5.41, 5.74) is 5.50. The molecular weight excluding hydrogens is 248 g/mol. The lowest BCUT2D eigenvalue weighted by Crippen LogP contribution is -2.25. The Bertz CT molecular complexity index is 732. The second-order valence-corrected chi connectivity index (χ2v) is 5.06. The summed E-state index contributed by atoms with van der Waals surface area (Å²) in [6, 6.07) is 13.7. The fourth-order valence-corrected chi connectivity index (χ4v) is 2.44. The second-order valence-electron chi connectivity index (χ2n) is 5.06. The van der Waals surface area contributed by atoms with Gasteiger partial charge < -0.3 is 4.90 Å². The molecule has 1 heterocycles. The van der Waals surface area contributed by atoms with E-state index in [-0.39, 0.29) is 5.91 Å². The molecule has 0 aliphatic carbocycles. The number of carbonyl (C=O) groups is 1. The number of likely N-dealkylation sites (N-methyl/N-ethyl adjacent to an activating group) is 1. The van der Waals surface area contributed by atoms with Gasteiger partial charge >= 0.3 is 0 Å². The van der Waals surface area contributed by atoms with Crippen molar-refractivity contribution >= 4 is 23.0 Å². The Morgan fingerprint density at radius 1 is 1.00 bits per heavy atom. The van der Waals surface area contributed by atoms with Crippen LogP contribution in [0.4, 0.5) is 11.4 Å². The van der Waals surface area contributed by atoms with E-state index in [4.69, 9.17) is 0 Å². The molecule has 2 aromatic rings. The standard InChI is InChI=1S/C17H16N2O/c1-11-7-6-9-14(12(11)2)18-16-13-8-4-5-10-15(13)19(3)17(16)20/h4-10H,1-3H3. The van der Waals surface area contributed by atoms with Gasteiger partial charge in [-0.2, -0.15) is 0 Å². The van der Waals surface area contributed by atoms with Crippen molar-refractivity contribution in [3.05, 3.63) is 59.2 Å². The molecule has 1 amide bonds. The normalized spacial score (nSPS) is 15.8. The molecule has 0 saturated heterocycles. The molecule has 0 unspecified atom stereocenters. The van der Waals surface area contributed by atoms with Crippen LogP contribution in [0.1, 0.15) is 16.7 Å². The van der Waals surface area contributed by atoms with Gasteiger partial charge in [0, 0.05) is 12.6 Å². The largest absolute Gasteiger partial charge is 0.309 e. The zero-order chi connectivity index (χ0) is 14.3. The van der Waals surface area contributed by atoms with Crippen LogP contribution >= 0.6 is 0 Å². The average molecular weight is 264 g/mol. The Kier molecular flexibility index (Phi) is 2.90. The summed E-state index contributed by atoms with van der Waals surface area (Å²) in [6.45, 7) is 4.08. The van der Waals surface area contributed by atoms with Gasteiger partial charge in [-0.1, -0.05) is 30.3 Å². The molecule has 0 bridgehead atoms. The third-order valence-electron chi connectivity index (χ3n) is 3.84. The number of anilines is 1. The second kappa shape index (κ2) is 4.60. The highest BCUT2D eigenvalue weighted by molar-refractivity contribution is 6.54. The van der Waals surface area contributed by atoms with Crippen molar-refractivity contribution in [2.24, 2.45) is 4.99 Å². The van der Waals surface area contributed by atoms with Crippen molar-refractivity contribution in [1.29, 1.82) is 0 Å². The summed E-state index contributed by atoms with van der Waals surface area (Å²) < 4.78 is 0. The first kappa shape index (κ1) is 12.6. The number of hydrogen-bond donors (Lipinski definition) is 0. The predicted molar refractivity (Wildman–Crippen MR) is 82.0 cm³/mol. The third-order valence-corrected chi connectivity index (χ3v) is 3.84. The minimum absolute atomic E-state index is 0.0490. The molecule has 3 heteroatoms. The van der Waals surface area contributed by atoms with Crippen LogP contribution in [0, 0.1) is 13.8 Å². The highest BCUT2D eigenvalue weighted by Gasteiger charge is 2.30. The molecule has 0 atom stereocenters. The predicted octanol–water partition coefficient (Wildman–Crippen LogP) is 3.40. The number of aryl methyl sites for hydroxylation is 1. The number of rotatable bonds is 1. The fourth-order valence-electron chi connectivity index (χ4n) is 2.44. The molecule has 20 heavy (non-hydrogen) atoms. The van der Waals surface area contributed by atoms with E-state index in [1.54, 1.807) is 11.9 Å². The average Bonchev–Trinajstić information content (AvgIpc) is 2.69. The third kappa shape index (κ3) is 1.83. The molecule has 2 aromatic carbocycles. The number of nitrogens with zero attached hydrogens (tertiary/aromatic N) is 2. The van der Waals surface area contributed by atoms with Crippen molar-refractivity contribution < 1.29 is 4.79 Å². The first-order chi connectivity index (χ1) is 9.59. The fraction of sp³-hybridized carbons (Fsp3) is 0.176. The van der Waals surface area contributed by atoms with Crippen LogP contribution in [0.3, 0.4) is 0 Å². The van der Waals surface area contributed by atoms with Gasteiger partial charge in [-0.15, -0.1) is 0 Å². The van der Waals surface area contributed by atoms with Crippen LogP contribution < -0.4 is 4.90 Å². The number of amides is 1. The maximum absolute atomic E-state index is 12.4. The zero-order valence-electron chi connectivity index (χ0n) is 11.8. The molecule has 1 aliphatic heterocycles. The monoisotopic (exact) mass is 264 g/mol. The Labute approximate surface area is 118 Å². The van der Waals surface area contributed by atoms with Crippen LogP contribution in [0.15, 0.2) is 47.5 Å². The number of aliphatic imine (C=N–C) groups is 1. The van der Waals surface area contributed by atoms with Crippen LogP contribution in [-0.2, 0) is 4.79 Å². The Hall–Kier alpha value is -2.42. The number of fused-ring (bicyclic) bond motifs is 1. The zero-order valence-corrected chi connectivity index (χ0v) is 11.8. The summed E-state index contributed by atoms with van der Waals surface area (Å²) in [7, 11) is 1.78. The van der Waals surface area contributed by atoms with Gasteiger partial charge in [0.25, 0.3) is 5.91 Å². The Balaban J connectivity index is 2.17. The maximum atomic E-state index is 12.4. The van der Waals surface area contributed by atoms with Crippen LogP contribution in [0.5, 0.6) is 0 Å². The van der Waals surface area contributed by atoms with Gasteiger partial charge in [0.2, 0.25) is 0 Å². The highest BCUT2D eigenvalue weighted by atomic mass is 16.2. The van der Waals surface area contributed by atoms with Crippen molar-refractivity contribution in [3.63, 3.8) is 0 Å². The highest BCUT2D eigenvalue weighted by Crippen LogP contribution is 2.30. The number of benzene rings is 2. The molecule has 100 valence electrons. The van der Waals surface area contributed by atoms with E-state index < -0.39 is 0 Å². The van der Waals surface area contributed by atoms with Gasteiger partial charge in [0.15, 0.2) is 0 Å². The molecule has 0 aromatic heterocycles. The summed E-state index contributed by atoms with van der Waals surface area (Å²) >= 11 is 0. The van der Waals surface area contributed by atoms with E-state index in [9.17, 15) is 4.79 Å². The first-order valence-corrected chi connectivity index (χ1v) is 6.62. The summed E-state index contributed by atoms with van der Waals surface area (Å²) in [4.78, 5) is 18.6. The number of hydrogen-bond acceptors (Lipinski definition) is 2. The van der Waals surface area contributed by atoms with E-state index in [1.165, 1.54) is 5.56 Å². The van der Waals surface area contributed by atoms with Gasteiger partial charge in [0.1, 0.15) is 5.71 Å². The first-order valence-electron chi connectivity index (χ1n) is 6.62. The van der Waals surface area contributed by atoms with Crippen LogP contribution in [0.25, 0.3) is 0 Å². The van der Waals surface area contributed by atoms with Crippen molar-refractivity contribution in [2.75, 3.05) is 11.9 Å². The topological polar surface area (TPSA) is 32.7 Å². The van der Waals surface area contributed by atoms with Crippen molar-refractivity contribution in [2.45, 2.75) is 13.8 Å². The molecule has 0 radical (unpaired) electrons. The molecular formula is C17H16N2O. The van der Waals surface area contributed by atoms with E-state index in [0.717, 1.165) is 22.5 Å². The van der Waals surface area contributed by atoms with Gasteiger partial charge in [-0.05, 0) is 37.1 Å². The lowest BCUT2D eigenvalue weighted by Gasteiger charge is -2.07. The lowest BCUT2D eigenvalue weighted by atomic mass is 10.1. The quantitative estimate of drug-likeness (QED) is 0.777. The summed E-state index contributed by atoms with van der Waals surface area (Å²) in [6.07, 6.45) is 0. The van der Waals surface area contributed by atoms with E-state index >= 15 is 0 Å². The van der Waals surface area contributed by atoms with E-state index in [1.807, 2.05) is 43.3 Å². The smallest absolute Gasteiger partial charge is 0.277 e. The molecule has 0 spiro atoms. The van der Waals surface area contributed by atoms with E-state index in [0.29, 0.717) is 5.71 Å². The molecule has 1 aliphatic rings. The van der Waals surface area contributed by atoms with Crippen LogP contribution in [-0.4, -0.2) is 18.7 Å². The molecule has 0 fully saturated rings. The number of carbonyl (C=O) groups excluding carboxylic acids is 1. The number of para-hydroxylation sites is 1. The molecule has 3 nitrogen and oxygen atoms in total. The maximum Gasteiger partial charge on any atom is 0.277 e. The Morgan fingerprint density at radius 2 is 1.75 bits per heavy atom.